The standard InChI is InChI=1S/C30H33N3O2.4CH4/c1-21-15-28-29(31-21)11-6-12-30(28)35-20-27(34)19-32-17-26-10-5-4-9-25(32)18-33(26)24-14-13-22-7-2-3-8-23(22)16-24;;;;/h2-8,11-16,25-27,31,34H,9-10,17-20H2,1H3;4*1H4/b5-4-;;;;/t25-,26-,27-;;;;/m1..../s1. The summed E-state index contributed by atoms with van der Waals surface area (Å²) in [5.41, 5.74) is 3.47. The molecule has 0 saturated carbocycles. The van der Waals surface area contributed by atoms with Crippen molar-refractivity contribution >= 4 is 27.4 Å². The molecule has 3 aliphatic rings. The summed E-state index contributed by atoms with van der Waals surface area (Å²) in [5, 5.41) is 14.6. The quantitative estimate of drug-likeness (QED) is 0.249. The van der Waals surface area contributed by atoms with Gasteiger partial charge in [0.15, 0.2) is 0 Å². The van der Waals surface area contributed by atoms with Crippen LogP contribution in [0.5, 0.6) is 5.75 Å². The Morgan fingerprint density at radius 3 is 2.41 bits per heavy atom. The maximum absolute atomic E-state index is 10.9. The van der Waals surface area contributed by atoms with Gasteiger partial charge in [-0.1, -0.05) is 78.3 Å². The van der Waals surface area contributed by atoms with Gasteiger partial charge in [-0.05, 0) is 60.9 Å². The summed E-state index contributed by atoms with van der Waals surface area (Å²) >= 11 is 0. The number of aryl methyl sites for hydroxylation is 1. The molecule has 3 aliphatic heterocycles. The van der Waals surface area contributed by atoms with E-state index in [-0.39, 0.29) is 29.7 Å². The Morgan fingerprint density at radius 1 is 0.872 bits per heavy atom. The van der Waals surface area contributed by atoms with E-state index in [1.807, 2.05) is 19.1 Å². The van der Waals surface area contributed by atoms with Gasteiger partial charge in [0.2, 0.25) is 0 Å². The van der Waals surface area contributed by atoms with Crippen LogP contribution in [0.3, 0.4) is 0 Å². The minimum Gasteiger partial charge on any atom is -0.490 e. The van der Waals surface area contributed by atoms with Crippen molar-refractivity contribution in [3.63, 3.8) is 0 Å². The molecule has 212 valence electrons. The number of hydrogen-bond acceptors (Lipinski definition) is 4. The first-order chi connectivity index (χ1) is 17.1. The number of aliphatic hydroxyl groups excluding tert-OH is 1. The van der Waals surface area contributed by atoms with E-state index in [1.54, 1.807) is 0 Å². The van der Waals surface area contributed by atoms with Gasteiger partial charge in [0.05, 0.1) is 0 Å². The average molecular weight is 532 g/mol. The van der Waals surface area contributed by atoms with Crippen LogP contribution < -0.4 is 9.64 Å². The van der Waals surface area contributed by atoms with Crippen molar-refractivity contribution < 1.29 is 9.84 Å². The lowest BCUT2D eigenvalue weighted by Crippen LogP contribution is -2.60. The Morgan fingerprint density at radius 2 is 1.62 bits per heavy atom. The van der Waals surface area contributed by atoms with Crippen molar-refractivity contribution in [2.24, 2.45) is 0 Å². The number of hydrogen-bond donors (Lipinski definition) is 2. The summed E-state index contributed by atoms with van der Waals surface area (Å²) < 4.78 is 6.08. The first-order valence-corrected chi connectivity index (χ1v) is 12.7. The molecular formula is C34H49N3O2. The molecule has 39 heavy (non-hydrogen) atoms. The number of fused-ring (bicyclic) bond motifs is 6. The summed E-state index contributed by atoms with van der Waals surface area (Å²) in [6.07, 6.45) is 6.15. The first kappa shape index (κ1) is 31.9. The van der Waals surface area contributed by atoms with Crippen LogP contribution in [0.2, 0.25) is 0 Å². The molecule has 0 unspecified atom stereocenters. The molecule has 5 nitrogen and oxygen atoms in total. The fourth-order valence-electron chi connectivity index (χ4n) is 5.74. The zero-order valence-electron chi connectivity index (χ0n) is 20.2. The minimum atomic E-state index is -0.538. The van der Waals surface area contributed by atoms with E-state index in [2.05, 4.69) is 81.5 Å². The van der Waals surface area contributed by atoms with Crippen molar-refractivity contribution in [1.29, 1.82) is 0 Å². The van der Waals surface area contributed by atoms with Gasteiger partial charge in [-0.3, -0.25) is 4.90 Å². The number of rotatable bonds is 6. The Labute approximate surface area is 236 Å². The third kappa shape index (κ3) is 6.66. The monoisotopic (exact) mass is 531 g/mol. The van der Waals surface area contributed by atoms with Gasteiger partial charge in [-0.15, -0.1) is 0 Å². The molecule has 1 aromatic heterocycles. The van der Waals surface area contributed by atoms with Crippen LogP contribution in [0.25, 0.3) is 21.7 Å². The number of nitrogens with zero attached hydrogens (tertiary/aromatic N) is 2. The Bertz CT molecular complexity index is 1360. The fraction of sp³-hybridized carbons (Fsp3) is 0.412. The van der Waals surface area contributed by atoms with Gasteiger partial charge < -0.3 is 19.7 Å². The molecular weight excluding hydrogens is 482 g/mol. The molecule has 3 atom stereocenters. The van der Waals surface area contributed by atoms with Gasteiger partial charge >= 0.3 is 0 Å². The second-order valence-electron chi connectivity index (χ2n) is 10.0. The zero-order valence-corrected chi connectivity index (χ0v) is 20.2. The highest BCUT2D eigenvalue weighted by atomic mass is 16.5. The molecule has 0 amide bonds. The maximum Gasteiger partial charge on any atom is 0.128 e. The number of piperazine rings is 1. The van der Waals surface area contributed by atoms with Crippen molar-refractivity contribution in [1.82, 2.24) is 9.88 Å². The van der Waals surface area contributed by atoms with Crippen molar-refractivity contribution in [3.8, 4) is 5.75 Å². The largest absolute Gasteiger partial charge is 0.490 e. The van der Waals surface area contributed by atoms with Crippen LogP contribution in [0.4, 0.5) is 5.69 Å². The Kier molecular flexibility index (Phi) is 11.2. The highest BCUT2D eigenvalue weighted by Crippen LogP contribution is 2.31. The number of aromatic nitrogens is 1. The van der Waals surface area contributed by atoms with E-state index in [1.165, 1.54) is 16.5 Å². The molecule has 1 saturated heterocycles. The number of ether oxygens (including phenoxy) is 1. The fourth-order valence-corrected chi connectivity index (χ4v) is 5.74. The van der Waals surface area contributed by atoms with E-state index in [4.69, 9.17) is 4.74 Å². The smallest absolute Gasteiger partial charge is 0.128 e. The van der Waals surface area contributed by atoms with E-state index in [0.29, 0.717) is 25.2 Å². The highest BCUT2D eigenvalue weighted by Gasteiger charge is 2.35. The van der Waals surface area contributed by atoms with E-state index < -0.39 is 6.10 Å². The Balaban J connectivity index is 0.00000133. The lowest BCUT2D eigenvalue weighted by atomic mass is 9.96. The SMILES string of the molecule is C.C.C.C.Cc1cc2c(OC[C@H](O)CN3C[C@H]4C/C=C\C[C@@H]3CN4c3ccc4ccccc4c3)cccc2[nH]1. The number of aromatic amines is 1. The molecule has 1 fully saturated rings. The molecule has 2 bridgehead atoms. The third-order valence-corrected chi connectivity index (χ3v) is 7.49. The average Bonchev–Trinajstić information content (AvgIpc) is 3.24. The van der Waals surface area contributed by atoms with Crippen LogP contribution in [-0.2, 0) is 0 Å². The molecule has 4 heterocycles. The van der Waals surface area contributed by atoms with Crippen LogP contribution in [-0.4, -0.2) is 59.4 Å². The van der Waals surface area contributed by atoms with Crippen LogP contribution in [0.1, 0.15) is 48.2 Å². The predicted octanol–water partition coefficient (Wildman–Crippen LogP) is 7.82. The third-order valence-electron chi connectivity index (χ3n) is 7.49. The molecule has 0 aliphatic carbocycles. The van der Waals surface area contributed by atoms with Gasteiger partial charge in [0, 0.05) is 54.0 Å². The van der Waals surface area contributed by atoms with Gasteiger partial charge in [0.1, 0.15) is 18.5 Å². The maximum atomic E-state index is 10.9. The molecule has 4 aromatic rings. The summed E-state index contributed by atoms with van der Waals surface area (Å²) in [6.45, 7) is 4.89. The summed E-state index contributed by atoms with van der Waals surface area (Å²) in [4.78, 5) is 8.40. The predicted molar refractivity (Wildman–Crippen MR) is 170 cm³/mol. The van der Waals surface area contributed by atoms with Crippen LogP contribution >= 0.6 is 0 Å². The molecule has 2 N–H and O–H groups in total. The minimum absolute atomic E-state index is 0. The normalized spacial score (nSPS) is 20.0. The zero-order chi connectivity index (χ0) is 23.8. The molecule has 3 aromatic carbocycles. The van der Waals surface area contributed by atoms with Crippen LogP contribution in [0, 0.1) is 6.92 Å². The lowest BCUT2D eigenvalue weighted by Gasteiger charge is -2.48. The van der Waals surface area contributed by atoms with E-state index >= 15 is 0 Å². The summed E-state index contributed by atoms with van der Waals surface area (Å²) in [6, 6.07) is 24.3. The Hall–Kier alpha value is -3.28. The molecule has 0 radical (unpaired) electrons. The second-order valence-corrected chi connectivity index (χ2v) is 10.0. The molecule has 7 rings (SSSR count). The van der Waals surface area contributed by atoms with Gasteiger partial charge in [-0.2, -0.15) is 0 Å². The van der Waals surface area contributed by atoms with Gasteiger partial charge in [-0.25, -0.2) is 0 Å². The van der Waals surface area contributed by atoms with E-state index in [0.717, 1.165) is 48.3 Å². The number of benzene rings is 3. The second kappa shape index (κ2) is 13.7. The summed E-state index contributed by atoms with van der Waals surface area (Å²) in [5.74, 6) is 0.825. The number of aliphatic hydroxyl groups is 1. The lowest BCUT2D eigenvalue weighted by molar-refractivity contribution is 0.0409. The van der Waals surface area contributed by atoms with Crippen LogP contribution in [0.15, 0.2) is 78.9 Å². The topological polar surface area (TPSA) is 51.7 Å². The molecule has 5 heteroatoms. The molecule has 0 spiro atoms. The highest BCUT2D eigenvalue weighted by molar-refractivity contribution is 5.87. The van der Waals surface area contributed by atoms with Crippen molar-refractivity contribution in [3.05, 3.63) is 84.6 Å². The van der Waals surface area contributed by atoms with Gasteiger partial charge in [0.25, 0.3) is 0 Å². The van der Waals surface area contributed by atoms with E-state index in [9.17, 15) is 5.11 Å². The van der Waals surface area contributed by atoms with Crippen molar-refractivity contribution in [2.45, 2.75) is 67.7 Å². The number of anilines is 1. The van der Waals surface area contributed by atoms with Crippen molar-refractivity contribution in [2.75, 3.05) is 31.1 Å². The first-order valence-electron chi connectivity index (χ1n) is 12.7. The number of H-pyrrole nitrogens is 1. The summed E-state index contributed by atoms with van der Waals surface area (Å²) in [7, 11) is 0. The number of nitrogens with one attached hydrogen (secondary N) is 1.